The van der Waals surface area contributed by atoms with E-state index in [1.807, 2.05) is 0 Å². The van der Waals surface area contributed by atoms with Gasteiger partial charge in [-0.3, -0.25) is 4.79 Å². The first-order valence-electron chi connectivity index (χ1n) is 5.13. The molecule has 0 fully saturated rings. The van der Waals surface area contributed by atoms with Crippen LogP contribution in [-0.2, 0) is 9.59 Å². The third-order valence-electron chi connectivity index (χ3n) is 2.03. The Labute approximate surface area is 117 Å². The van der Waals surface area contributed by atoms with Crippen molar-refractivity contribution in [3.05, 3.63) is 28.2 Å². The first kappa shape index (κ1) is 15.0. The lowest BCUT2D eigenvalue weighted by atomic mass is 10.2. The van der Waals surface area contributed by atoms with E-state index in [0.29, 0.717) is 21.5 Å². The van der Waals surface area contributed by atoms with E-state index in [9.17, 15) is 9.59 Å². The van der Waals surface area contributed by atoms with E-state index in [-0.39, 0.29) is 6.61 Å². The average molecular weight is 330 g/mol. The summed E-state index contributed by atoms with van der Waals surface area (Å²) in [6, 6.07) is 3.22. The van der Waals surface area contributed by atoms with Gasteiger partial charge in [0.25, 0.3) is 5.91 Å². The molecule has 0 bridgehead atoms. The van der Waals surface area contributed by atoms with Crippen LogP contribution in [0.5, 0.6) is 11.5 Å². The van der Waals surface area contributed by atoms with Gasteiger partial charge in [-0.05, 0) is 39.7 Å². The van der Waals surface area contributed by atoms with Gasteiger partial charge in [-0.25, -0.2) is 4.79 Å². The second kappa shape index (κ2) is 6.79. The monoisotopic (exact) mass is 329 g/mol. The lowest BCUT2D eigenvalue weighted by molar-refractivity contribution is -0.131. The Morgan fingerprint density at radius 1 is 1.47 bits per heavy atom. The molecular weight excluding hydrogens is 318 g/mol. The second-order valence-corrected chi connectivity index (χ2v) is 4.32. The minimum absolute atomic E-state index is 0.279. The second-order valence-electron chi connectivity index (χ2n) is 3.46. The summed E-state index contributed by atoms with van der Waals surface area (Å²) >= 11 is 3.26. The number of hydrogen-bond donors (Lipinski definition) is 2. The van der Waals surface area contributed by atoms with E-state index >= 15 is 0 Å². The first-order valence-corrected chi connectivity index (χ1v) is 5.93. The molecule has 19 heavy (non-hydrogen) atoms. The number of carboxylic acid groups (broad SMARTS) is 1. The smallest absolute Gasteiger partial charge is 0.328 e. The van der Waals surface area contributed by atoms with Crippen LogP contribution >= 0.6 is 15.9 Å². The van der Waals surface area contributed by atoms with E-state index in [1.165, 1.54) is 13.2 Å². The number of benzene rings is 1. The molecule has 0 saturated heterocycles. The zero-order chi connectivity index (χ0) is 14.4. The van der Waals surface area contributed by atoms with Crippen LogP contribution in [0.4, 0.5) is 0 Å². The van der Waals surface area contributed by atoms with E-state index in [4.69, 9.17) is 20.3 Å². The van der Waals surface area contributed by atoms with E-state index in [2.05, 4.69) is 15.9 Å². The van der Waals surface area contributed by atoms with Gasteiger partial charge in [0.2, 0.25) is 0 Å². The van der Waals surface area contributed by atoms with Crippen LogP contribution < -0.4 is 15.2 Å². The van der Waals surface area contributed by atoms with E-state index < -0.39 is 11.9 Å². The summed E-state index contributed by atoms with van der Waals surface area (Å²) in [6.07, 6.45) is 2.42. The molecule has 0 aliphatic rings. The summed E-state index contributed by atoms with van der Waals surface area (Å²) in [5, 5.41) is 8.56. The number of nitrogens with two attached hydrogens (primary N) is 1. The fourth-order valence-corrected chi connectivity index (χ4v) is 1.86. The molecular formula is C12H12BrNO5. The molecule has 1 amide bonds. The van der Waals surface area contributed by atoms with Crippen LogP contribution in [0.2, 0.25) is 0 Å². The normalized spacial score (nSPS) is 10.4. The zero-order valence-corrected chi connectivity index (χ0v) is 11.6. The standard InChI is InChI=1S/C12H12BrNO5/c1-18-9-5-7(2-3-11(16)17)4-8(13)12(9)19-6-10(14)15/h2-5H,6H2,1H3,(H2,14,15)(H,16,17)/b3-2+. The number of ether oxygens (including phenoxy) is 2. The number of carbonyl (C=O) groups is 2. The maximum Gasteiger partial charge on any atom is 0.328 e. The minimum Gasteiger partial charge on any atom is -0.493 e. The molecule has 0 aliphatic heterocycles. The minimum atomic E-state index is -1.05. The summed E-state index contributed by atoms with van der Waals surface area (Å²) in [7, 11) is 1.43. The lowest BCUT2D eigenvalue weighted by Gasteiger charge is -2.12. The number of hydrogen-bond acceptors (Lipinski definition) is 4. The Balaban J connectivity index is 3.07. The van der Waals surface area contributed by atoms with Crippen molar-refractivity contribution in [3.63, 3.8) is 0 Å². The molecule has 1 aromatic rings. The lowest BCUT2D eigenvalue weighted by Crippen LogP contribution is -2.20. The van der Waals surface area contributed by atoms with Crippen LogP contribution in [-0.4, -0.2) is 30.7 Å². The molecule has 0 aromatic heterocycles. The van der Waals surface area contributed by atoms with Crippen molar-refractivity contribution in [1.29, 1.82) is 0 Å². The van der Waals surface area contributed by atoms with Gasteiger partial charge < -0.3 is 20.3 Å². The van der Waals surface area contributed by atoms with Crippen molar-refractivity contribution in [2.24, 2.45) is 5.73 Å². The molecule has 1 rings (SSSR count). The predicted octanol–water partition coefficient (Wildman–Crippen LogP) is 1.42. The average Bonchev–Trinajstić information content (AvgIpc) is 2.34. The number of carbonyl (C=O) groups excluding carboxylic acids is 1. The van der Waals surface area contributed by atoms with Gasteiger partial charge in [0.05, 0.1) is 11.6 Å². The van der Waals surface area contributed by atoms with Crippen LogP contribution in [0.1, 0.15) is 5.56 Å². The Bertz CT molecular complexity index is 527. The van der Waals surface area contributed by atoms with Crippen molar-refractivity contribution < 1.29 is 24.2 Å². The van der Waals surface area contributed by atoms with Gasteiger partial charge in [-0.2, -0.15) is 0 Å². The summed E-state index contributed by atoms with van der Waals surface area (Å²) < 4.78 is 10.9. The third-order valence-corrected chi connectivity index (χ3v) is 2.62. The van der Waals surface area contributed by atoms with Gasteiger partial charge >= 0.3 is 5.97 Å². The Hall–Kier alpha value is -2.02. The van der Waals surface area contributed by atoms with E-state index in [0.717, 1.165) is 6.08 Å². The molecule has 7 heteroatoms. The molecule has 0 radical (unpaired) electrons. The fraction of sp³-hybridized carbons (Fsp3) is 0.167. The third kappa shape index (κ3) is 4.63. The molecule has 6 nitrogen and oxygen atoms in total. The number of aliphatic carboxylic acids is 1. The number of primary amides is 1. The first-order chi connectivity index (χ1) is 8.93. The predicted molar refractivity (Wildman–Crippen MR) is 72.1 cm³/mol. The summed E-state index contributed by atoms with van der Waals surface area (Å²) in [5.41, 5.74) is 5.61. The highest BCUT2D eigenvalue weighted by molar-refractivity contribution is 9.10. The summed E-state index contributed by atoms with van der Waals surface area (Å²) in [6.45, 7) is -0.279. The summed E-state index contributed by atoms with van der Waals surface area (Å²) in [5.74, 6) is -0.970. The highest BCUT2D eigenvalue weighted by Crippen LogP contribution is 2.36. The van der Waals surface area contributed by atoms with Crippen LogP contribution in [0.25, 0.3) is 6.08 Å². The van der Waals surface area contributed by atoms with Crippen LogP contribution in [0, 0.1) is 0 Å². The van der Waals surface area contributed by atoms with Gasteiger partial charge in [0, 0.05) is 6.08 Å². The molecule has 0 spiro atoms. The molecule has 0 saturated carbocycles. The Morgan fingerprint density at radius 3 is 2.68 bits per heavy atom. The number of amides is 1. The topological polar surface area (TPSA) is 98.8 Å². The number of methoxy groups -OCH3 is 1. The molecule has 102 valence electrons. The van der Waals surface area contributed by atoms with Gasteiger partial charge in [0.15, 0.2) is 18.1 Å². The van der Waals surface area contributed by atoms with Crippen molar-refractivity contribution >= 4 is 33.9 Å². The zero-order valence-electron chi connectivity index (χ0n) is 10.1. The van der Waals surface area contributed by atoms with Gasteiger partial charge in [-0.15, -0.1) is 0 Å². The van der Waals surface area contributed by atoms with Crippen molar-refractivity contribution in [1.82, 2.24) is 0 Å². The Kier molecular flexibility index (Phi) is 5.37. The van der Waals surface area contributed by atoms with Gasteiger partial charge in [0.1, 0.15) is 0 Å². The number of carboxylic acids is 1. The van der Waals surface area contributed by atoms with Crippen molar-refractivity contribution in [2.45, 2.75) is 0 Å². The maximum atomic E-state index is 10.7. The molecule has 0 aliphatic carbocycles. The SMILES string of the molecule is COc1cc(/C=C/C(=O)O)cc(Br)c1OCC(N)=O. The largest absolute Gasteiger partial charge is 0.493 e. The van der Waals surface area contributed by atoms with E-state index in [1.54, 1.807) is 12.1 Å². The molecule has 0 atom stereocenters. The van der Waals surface area contributed by atoms with Crippen LogP contribution in [0.15, 0.2) is 22.7 Å². The molecule has 0 heterocycles. The molecule has 1 aromatic carbocycles. The van der Waals surface area contributed by atoms with Crippen LogP contribution in [0.3, 0.4) is 0 Å². The number of rotatable bonds is 6. The van der Waals surface area contributed by atoms with Crippen molar-refractivity contribution in [3.8, 4) is 11.5 Å². The Morgan fingerprint density at radius 2 is 2.16 bits per heavy atom. The summed E-state index contributed by atoms with van der Waals surface area (Å²) in [4.78, 5) is 21.1. The molecule has 0 unspecified atom stereocenters. The highest BCUT2D eigenvalue weighted by Gasteiger charge is 2.12. The fourth-order valence-electron chi connectivity index (χ4n) is 1.29. The quantitative estimate of drug-likeness (QED) is 0.769. The van der Waals surface area contributed by atoms with Crippen molar-refractivity contribution in [2.75, 3.05) is 13.7 Å². The maximum absolute atomic E-state index is 10.7. The van der Waals surface area contributed by atoms with Gasteiger partial charge in [-0.1, -0.05) is 0 Å². The number of halogens is 1. The highest BCUT2D eigenvalue weighted by atomic mass is 79.9. The molecule has 3 N–H and O–H groups in total.